The van der Waals surface area contributed by atoms with E-state index >= 15 is 0 Å². The Bertz CT molecular complexity index is 1500. The molecule has 1 N–H and O–H groups in total. The van der Waals surface area contributed by atoms with E-state index in [0.29, 0.717) is 29.4 Å². The lowest BCUT2D eigenvalue weighted by Crippen LogP contribution is -2.25. The molecule has 3 aromatic rings. The van der Waals surface area contributed by atoms with Gasteiger partial charge in [0.25, 0.3) is 5.91 Å². The second-order valence-corrected chi connectivity index (χ2v) is 8.09. The normalized spacial score (nSPS) is 16.9. The van der Waals surface area contributed by atoms with E-state index in [4.69, 9.17) is 4.74 Å². The van der Waals surface area contributed by atoms with E-state index in [2.05, 4.69) is 6.07 Å². The standard InChI is InChI=1S/C29H21N3O4/c1-2-31-23-10-6-7-11-25(23)36-26(31)17-16-24-27(19-8-4-3-5-9-19)22(18-30)28(33)32(24)21-14-12-20(13-15-21)29(34)35/h3-17H,2H2,1H3,(H,34,35)/b24-16-,26-17-. The van der Waals surface area contributed by atoms with Crippen LogP contribution in [0, 0.1) is 11.3 Å². The molecule has 0 aliphatic carbocycles. The number of rotatable bonds is 5. The first-order valence-corrected chi connectivity index (χ1v) is 11.4. The fraction of sp³-hybridized carbons (Fsp3) is 0.0690. The van der Waals surface area contributed by atoms with Crippen LogP contribution in [0.25, 0.3) is 5.57 Å². The Labute approximate surface area is 208 Å². The summed E-state index contributed by atoms with van der Waals surface area (Å²) in [7, 11) is 0. The highest BCUT2D eigenvalue weighted by atomic mass is 16.5. The molecule has 0 unspecified atom stereocenters. The highest BCUT2D eigenvalue weighted by molar-refractivity contribution is 6.24. The number of carbonyl (C=O) groups is 2. The number of benzene rings is 3. The number of hydrogen-bond donors (Lipinski definition) is 1. The molecule has 0 saturated carbocycles. The number of amides is 1. The van der Waals surface area contributed by atoms with Gasteiger partial charge in [0.2, 0.25) is 5.88 Å². The Morgan fingerprint density at radius 1 is 1.00 bits per heavy atom. The molecule has 1 amide bonds. The molecule has 176 valence electrons. The van der Waals surface area contributed by atoms with Gasteiger partial charge in [-0.25, -0.2) is 4.79 Å². The molecule has 0 atom stereocenters. The summed E-state index contributed by atoms with van der Waals surface area (Å²) in [4.78, 5) is 28.3. The van der Waals surface area contributed by atoms with Crippen molar-refractivity contribution in [1.29, 1.82) is 5.26 Å². The molecule has 0 radical (unpaired) electrons. The second-order valence-electron chi connectivity index (χ2n) is 8.09. The Morgan fingerprint density at radius 2 is 1.69 bits per heavy atom. The van der Waals surface area contributed by atoms with Gasteiger partial charge in [-0.2, -0.15) is 5.26 Å². The number of hydrogen-bond acceptors (Lipinski definition) is 5. The first kappa shape index (κ1) is 22.7. The van der Waals surface area contributed by atoms with Crippen LogP contribution in [0.15, 0.2) is 108 Å². The Kier molecular flexibility index (Phi) is 5.85. The van der Waals surface area contributed by atoms with Crippen LogP contribution in [0.4, 0.5) is 11.4 Å². The van der Waals surface area contributed by atoms with E-state index in [1.165, 1.54) is 17.0 Å². The van der Waals surface area contributed by atoms with Crippen LogP contribution >= 0.6 is 0 Å². The lowest BCUT2D eigenvalue weighted by Gasteiger charge is -2.21. The second kappa shape index (κ2) is 9.28. The molecule has 7 nitrogen and oxygen atoms in total. The van der Waals surface area contributed by atoms with Gasteiger partial charge in [-0.15, -0.1) is 0 Å². The SMILES string of the molecule is CCN1/C(=C/C=C2/C(c3ccccc3)=C(C#N)C(=O)N2c2ccc(C(=O)O)cc2)Oc2ccccc21. The van der Waals surface area contributed by atoms with Gasteiger partial charge in [0.1, 0.15) is 11.6 Å². The molecule has 2 aliphatic rings. The van der Waals surface area contributed by atoms with Crippen molar-refractivity contribution < 1.29 is 19.4 Å². The first-order valence-electron chi connectivity index (χ1n) is 11.4. The number of carboxylic acid groups (broad SMARTS) is 1. The zero-order valence-corrected chi connectivity index (χ0v) is 19.4. The number of allylic oxidation sites excluding steroid dienone is 3. The fourth-order valence-corrected chi connectivity index (χ4v) is 4.39. The lowest BCUT2D eigenvalue weighted by molar-refractivity contribution is -0.113. The third-order valence-corrected chi connectivity index (χ3v) is 6.05. The average Bonchev–Trinajstić information content (AvgIpc) is 3.41. The number of para-hydroxylation sites is 2. The summed E-state index contributed by atoms with van der Waals surface area (Å²) in [6, 6.07) is 25.0. The van der Waals surface area contributed by atoms with Crippen molar-refractivity contribution in [3.05, 3.63) is 119 Å². The van der Waals surface area contributed by atoms with Crippen molar-refractivity contribution in [2.24, 2.45) is 0 Å². The van der Waals surface area contributed by atoms with Gasteiger partial charge in [0.15, 0.2) is 5.75 Å². The number of anilines is 2. The third-order valence-electron chi connectivity index (χ3n) is 6.05. The highest BCUT2D eigenvalue weighted by Crippen LogP contribution is 2.41. The molecule has 0 spiro atoms. The van der Waals surface area contributed by atoms with Crippen LogP contribution in [0.2, 0.25) is 0 Å². The van der Waals surface area contributed by atoms with Crippen molar-refractivity contribution in [2.45, 2.75) is 6.92 Å². The Balaban J connectivity index is 1.65. The highest BCUT2D eigenvalue weighted by Gasteiger charge is 2.37. The Hall–Kier alpha value is -5.09. The van der Waals surface area contributed by atoms with Crippen molar-refractivity contribution in [3.8, 4) is 11.8 Å². The van der Waals surface area contributed by atoms with E-state index < -0.39 is 11.9 Å². The first-order chi connectivity index (χ1) is 17.5. The smallest absolute Gasteiger partial charge is 0.335 e. The number of fused-ring (bicyclic) bond motifs is 1. The number of nitrogens with zero attached hydrogens (tertiary/aromatic N) is 3. The summed E-state index contributed by atoms with van der Waals surface area (Å²) in [5, 5.41) is 19.2. The number of carbonyl (C=O) groups excluding carboxylic acids is 1. The van der Waals surface area contributed by atoms with Crippen LogP contribution in [-0.4, -0.2) is 23.5 Å². The maximum Gasteiger partial charge on any atom is 0.335 e. The zero-order chi connectivity index (χ0) is 25.2. The van der Waals surface area contributed by atoms with Gasteiger partial charge >= 0.3 is 5.97 Å². The van der Waals surface area contributed by atoms with Gasteiger partial charge in [-0.3, -0.25) is 9.69 Å². The topological polar surface area (TPSA) is 93.9 Å². The molecule has 2 heterocycles. The fourth-order valence-electron chi connectivity index (χ4n) is 4.39. The average molecular weight is 476 g/mol. The van der Waals surface area contributed by atoms with Crippen molar-refractivity contribution in [2.75, 3.05) is 16.3 Å². The van der Waals surface area contributed by atoms with E-state index in [-0.39, 0.29) is 11.1 Å². The molecule has 0 aromatic heterocycles. The van der Waals surface area contributed by atoms with Gasteiger partial charge in [-0.1, -0.05) is 42.5 Å². The van der Waals surface area contributed by atoms with Crippen LogP contribution < -0.4 is 14.5 Å². The van der Waals surface area contributed by atoms with Crippen molar-refractivity contribution >= 4 is 28.8 Å². The van der Waals surface area contributed by atoms with E-state index in [1.54, 1.807) is 24.3 Å². The van der Waals surface area contributed by atoms with Crippen LogP contribution in [-0.2, 0) is 4.79 Å². The van der Waals surface area contributed by atoms with Crippen molar-refractivity contribution in [1.82, 2.24) is 0 Å². The van der Waals surface area contributed by atoms with Gasteiger partial charge < -0.3 is 14.7 Å². The number of aromatic carboxylic acids is 1. The minimum Gasteiger partial charge on any atom is -0.478 e. The molecule has 0 bridgehead atoms. The van der Waals surface area contributed by atoms with Gasteiger partial charge in [0, 0.05) is 23.9 Å². The van der Waals surface area contributed by atoms with Gasteiger partial charge in [0.05, 0.1) is 16.9 Å². The number of ether oxygens (including phenoxy) is 1. The summed E-state index contributed by atoms with van der Waals surface area (Å²) in [5.41, 5.74) is 3.23. The largest absolute Gasteiger partial charge is 0.478 e. The Morgan fingerprint density at radius 3 is 2.36 bits per heavy atom. The minimum absolute atomic E-state index is 0.0103. The summed E-state index contributed by atoms with van der Waals surface area (Å²) in [6.45, 7) is 2.70. The zero-order valence-electron chi connectivity index (χ0n) is 19.4. The summed E-state index contributed by atoms with van der Waals surface area (Å²) in [5.74, 6) is -0.206. The maximum atomic E-state index is 13.5. The molecule has 36 heavy (non-hydrogen) atoms. The third kappa shape index (κ3) is 3.81. The molecule has 2 aliphatic heterocycles. The summed E-state index contributed by atoms with van der Waals surface area (Å²) in [6.07, 6.45) is 3.55. The molecule has 3 aromatic carbocycles. The maximum absolute atomic E-state index is 13.5. The summed E-state index contributed by atoms with van der Waals surface area (Å²) >= 11 is 0. The summed E-state index contributed by atoms with van der Waals surface area (Å²) < 4.78 is 6.07. The van der Waals surface area contributed by atoms with Crippen molar-refractivity contribution in [3.63, 3.8) is 0 Å². The lowest BCUT2D eigenvalue weighted by atomic mass is 10.00. The molecule has 0 saturated heterocycles. The number of nitriles is 1. The van der Waals surface area contributed by atoms with Gasteiger partial charge in [-0.05, 0) is 55.0 Å². The molecule has 0 fully saturated rings. The minimum atomic E-state index is -1.06. The predicted molar refractivity (Wildman–Crippen MR) is 136 cm³/mol. The van der Waals surface area contributed by atoms with Crippen LogP contribution in [0.3, 0.4) is 0 Å². The quantitative estimate of drug-likeness (QED) is 0.534. The monoisotopic (exact) mass is 475 g/mol. The molecular formula is C29H21N3O4. The van der Waals surface area contributed by atoms with E-state index in [9.17, 15) is 20.0 Å². The molecule has 5 rings (SSSR count). The van der Waals surface area contributed by atoms with E-state index in [1.807, 2.05) is 66.4 Å². The van der Waals surface area contributed by atoms with Crippen LogP contribution in [0.5, 0.6) is 5.75 Å². The number of carboxylic acids is 1. The van der Waals surface area contributed by atoms with E-state index in [0.717, 1.165) is 17.0 Å². The molecular weight excluding hydrogens is 454 g/mol. The van der Waals surface area contributed by atoms with Crippen LogP contribution in [0.1, 0.15) is 22.8 Å². The molecule has 7 heteroatoms. The predicted octanol–water partition coefficient (Wildman–Crippen LogP) is 5.35.